The van der Waals surface area contributed by atoms with Gasteiger partial charge in [-0.3, -0.25) is 0 Å². The van der Waals surface area contributed by atoms with E-state index in [1.807, 2.05) is 6.20 Å². The number of nitrogens with zero attached hydrogens (tertiary/aromatic N) is 2. The average molecular weight is 233 g/mol. The lowest BCUT2D eigenvalue weighted by molar-refractivity contribution is 0.414. The minimum Gasteiger partial charge on any atom is -0.365 e. The fourth-order valence-electron chi connectivity index (χ4n) is 2.26. The number of likely N-dealkylation sites (N-methyl/N-ethyl adjacent to an activating group) is 1. The maximum Gasteiger partial charge on any atom is 0.134 e. The van der Waals surface area contributed by atoms with E-state index in [-0.39, 0.29) is 0 Å². The first-order valence-electron chi connectivity index (χ1n) is 5.60. The van der Waals surface area contributed by atoms with E-state index in [9.17, 15) is 0 Å². The zero-order valence-electron chi connectivity index (χ0n) is 9.31. The molecule has 2 aromatic heterocycles. The molecule has 3 heterocycles. The van der Waals surface area contributed by atoms with Crippen molar-refractivity contribution in [1.82, 2.24) is 9.88 Å². The molecule has 1 unspecified atom stereocenters. The third kappa shape index (κ3) is 1.79. The highest BCUT2D eigenvalue weighted by molar-refractivity contribution is 7.17. The molecule has 0 saturated carbocycles. The van der Waals surface area contributed by atoms with Gasteiger partial charge < -0.3 is 10.2 Å². The maximum absolute atomic E-state index is 4.44. The van der Waals surface area contributed by atoms with E-state index >= 15 is 0 Å². The normalized spacial score (nSPS) is 21.7. The second-order valence-electron chi connectivity index (χ2n) is 4.38. The van der Waals surface area contributed by atoms with Gasteiger partial charge in [-0.2, -0.15) is 0 Å². The fourth-order valence-corrected chi connectivity index (χ4v) is 3.04. The SMILES string of the molecule is CN1CCC(Nc2nccc3sccc23)C1. The van der Waals surface area contributed by atoms with Crippen LogP contribution in [0.2, 0.25) is 0 Å². The lowest BCUT2D eigenvalue weighted by Gasteiger charge is -2.13. The van der Waals surface area contributed by atoms with E-state index in [1.165, 1.54) is 23.1 Å². The third-order valence-electron chi connectivity index (χ3n) is 3.11. The van der Waals surface area contributed by atoms with Gasteiger partial charge in [-0.1, -0.05) is 0 Å². The van der Waals surface area contributed by atoms with Crippen LogP contribution in [0.25, 0.3) is 10.1 Å². The number of hydrogen-bond donors (Lipinski definition) is 1. The quantitative estimate of drug-likeness (QED) is 0.863. The molecule has 2 aromatic rings. The van der Waals surface area contributed by atoms with E-state index in [2.05, 4.69) is 39.8 Å². The number of nitrogens with one attached hydrogen (secondary N) is 1. The van der Waals surface area contributed by atoms with Gasteiger partial charge in [-0.25, -0.2) is 4.98 Å². The van der Waals surface area contributed by atoms with Gasteiger partial charge in [0, 0.05) is 28.9 Å². The highest BCUT2D eigenvalue weighted by atomic mass is 32.1. The molecule has 0 aliphatic carbocycles. The predicted octanol–water partition coefficient (Wildman–Crippen LogP) is 2.41. The molecule has 0 amide bonds. The molecule has 0 radical (unpaired) electrons. The van der Waals surface area contributed by atoms with Gasteiger partial charge >= 0.3 is 0 Å². The molecule has 1 aliphatic rings. The van der Waals surface area contributed by atoms with Crippen molar-refractivity contribution in [3.63, 3.8) is 0 Å². The van der Waals surface area contributed by atoms with Crippen molar-refractivity contribution in [2.24, 2.45) is 0 Å². The largest absolute Gasteiger partial charge is 0.365 e. The van der Waals surface area contributed by atoms with E-state index in [0.29, 0.717) is 6.04 Å². The molecule has 84 valence electrons. The number of aromatic nitrogens is 1. The van der Waals surface area contributed by atoms with Gasteiger partial charge in [0.25, 0.3) is 0 Å². The summed E-state index contributed by atoms with van der Waals surface area (Å²) in [6.07, 6.45) is 3.10. The predicted molar refractivity (Wildman–Crippen MR) is 69.1 cm³/mol. The molecule has 1 saturated heterocycles. The lowest BCUT2D eigenvalue weighted by atomic mass is 10.2. The maximum atomic E-state index is 4.44. The van der Waals surface area contributed by atoms with Crippen molar-refractivity contribution in [3.8, 4) is 0 Å². The molecule has 1 N–H and O–H groups in total. The summed E-state index contributed by atoms with van der Waals surface area (Å²) in [6, 6.07) is 4.77. The van der Waals surface area contributed by atoms with Crippen LogP contribution in [0.3, 0.4) is 0 Å². The molecule has 0 spiro atoms. The van der Waals surface area contributed by atoms with Crippen molar-refractivity contribution < 1.29 is 0 Å². The zero-order valence-corrected chi connectivity index (χ0v) is 10.1. The van der Waals surface area contributed by atoms with Crippen molar-refractivity contribution >= 4 is 27.2 Å². The number of hydrogen-bond acceptors (Lipinski definition) is 4. The lowest BCUT2D eigenvalue weighted by Crippen LogP contribution is -2.23. The molecule has 3 rings (SSSR count). The van der Waals surface area contributed by atoms with Crippen LogP contribution in [-0.4, -0.2) is 36.1 Å². The molecule has 4 heteroatoms. The van der Waals surface area contributed by atoms with Crippen molar-refractivity contribution in [1.29, 1.82) is 0 Å². The van der Waals surface area contributed by atoms with Gasteiger partial charge in [0.2, 0.25) is 0 Å². The van der Waals surface area contributed by atoms with Gasteiger partial charge in [0.05, 0.1) is 0 Å². The van der Waals surface area contributed by atoms with E-state index in [0.717, 1.165) is 12.4 Å². The van der Waals surface area contributed by atoms with E-state index in [4.69, 9.17) is 0 Å². The van der Waals surface area contributed by atoms with Crippen LogP contribution < -0.4 is 5.32 Å². The number of anilines is 1. The molecular weight excluding hydrogens is 218 g/mol. The summed E-state index contributed by atoms with van der Waals surface area (Å²) in [5, 5.41) is 6.93. The third-order valence-corrected chi connectivity index (χ3v) is 3.99. The Morgan fingerprint density at radius 2 is 2.44 bits per heavy atom. The van der Waals surface area contributed by atoms with E-state index < -0.39 is 0 Å². The fraction of sp³-hybridized carbons (Fsp3) is 0.417. The molecule has 1 atom stereocenters. The zero-order chi connectivity index (χ0) is 11.0. The average Bonchev–Trinajstić information content (AvgIpc) is 2.87. The standard InChI is InChI=1S/C12H15N3S/c1-15-6-3-9(8-15)14-12-10-4-7-16-11(10)2-5-13-12/h2,4-5,7,9H,3,6,8H2,1H3,(H,13,14). The van der Waals surface area contributed by atoms with Crippen LogP contribution in [0.15, 0.2) is 23.7 Å². The molecule has 3 nitrogen and oxygen atoms in total. The number of rotatable bonds is 2. The number of fused-ring (bicyclic) bond motifs is 1. The van der Waals surface area contributed by atoms with E-state index in [1.54, 1.807) is 11.3 Å². The Labute approximate surface area is 99.1 Å². The smallest absolute Gasteiger partial charge is 0.134 e. The summed E-state index contributed by atoms with van der Waals surface area (Å²) in [6.45, 7) is 2.29. The molecule has 0 bridgehead atoms. The monoisotopic (exact) mass is 233 g/mol. The van der Waals surface area contributed by atoms with Crippen LogP contribution in [0.4, 0.5) is 5.82 Å². The van der Waals surface area contributed by atoms with Gasteiger partial charge in [0.1, 0.15) is 5.82 Å². The topological polar surface area (TPSA) is 28.2 Å². The van der Waals surface area contributed by atoms with Crippen LogP contribution in [-0.2, 0) is 0 Å². The van der Waals surface area contributed by atoms with Crippen molar-refractivity contribution in [3.05, 3.63) is 23.7 Å². The van der Waals surface area contributed by atoms with Crippen LogP contribution in [0.5, 0.6) is 0 Å². The minimum atomic E-state index is 0.544. The van der Waals surface area contributed by atoms with Crippen LogP contribution in [0.1, 0.15) is 6.42 Å². The molecular formula is C12H15N3S. The summed E-state index contributed by atoms with van der Waals surface area (Å²) in [5.41, 5.74) is 0. The summed E-state index contributed by atoms with van der Waals surface area (Å²) < 4.78 is 1.31. The highest BCUT2D eigenvalue weighted by Crippen LogP contribution is 2.27. The Morgan fingerprint density at radius 3 is 3.25 bits per heavy atom. The van der Waals surface area contributed by atoms with Gasteiger partial charge in [-0.05, 0) is 37.5 Å². The molecule has 1 fully saturated rings. The Bertz CT molecular complexity index is 494. The molecule has 1 aliphatic heterocycles. The number of pyridine rings is 1. The summed E-state index contributed by atoms with van der Waals surface area (Å²) in [7, 11) is 2.17. The number of likely N-dealkylation sites (tertiary alicyclic amines) is 1. The Balaban J connectivity index is 1.86. The van der Waals surface area contributed by atoms with Crippen molar-refractivity contribution in [2.75, 3.05) is 25.5 Å². The van der Waals surface area contributed by atoms with Crippen LogP contribution >= 0.6 is 11.3 Å². The first-order chi connectivity index (χ1) is 7.83. The second-order valence-corrected chi connectivity index (χ2v) is 5.33. The summed E-state index contributed by atoms with van der Waals surface area (Å²) >= 11 is 1.77. The highest BCUT2D eigenvalue weighted by Gasteiger charge is 2.19. The summed E-state index contributed by atoms with van der Waals surface area (Å²) in [5.74, 6) is 1.04. The first-order valence-corrected chi connectivity index (χ1v) is 6.48. The minimum absolute atomic E-state index is 0.544. The molecule has 0 aromatic carbocycles. The Hall–Kier alpha value is -1.13. The van der Waals surface area contributed by atoms with Crippen LogP contribution in [0, 0.1) is 0 Å². The first kappa shape index (κ1) is 10.1. The molecule has 16 heavy (non-hydrogen) atoms. The second kappa shape index (κ2) is 4.03. The Morgan fingerprint density at radius 1 is 1.50 bits per heavy atom. The van der Waals surface area contributed by atoms with Gasteiger partial charge in [-0.15, -0.1) is 11.3 Å². The number of thiophene rings is 1. The van der Waals surface area contributed by atoms with Crippen molar-refractivity contribution in [2.45, 2.75) is 12.5 Å². The Kier molecular flexibility index (Phi) is 2.53. The van der Waals surface area contributed by atoms with Gasteiger partial charge in [0.15, 0.2) is 0 Å². The summed E-state index contributed by atoms with van der Waals surface area (Å²) in [4.78, 5) is 6.80.